The smallest absolute Gasteiger partial charge is 0.225 e. The zero-order chi connectivity index (χ0) is 13.8. The van der Waals surface area contributed by atoms with Crippen LogP contribution in [0.25, 0.3) is 0 Å². The molecule has 0 amide bonds. The van der Waals surface area contributed by atoms with E-state index in [0.717, 1.165) is 37.8 Å². The molecule has 6 nitrogen and oxygen atoms in total. The van der Waals surface area contributed by atoms with Crippen LogP contribution < -0.4 is 10.2 Å². The van der Waals surface area contributed by atoms with Crippen molar-refractivity contribution in [2.75, 3.05) is 18.0 Å². The molecule has 2 aromatic rings. The van der Waals surface area contributed by atoms with E-state index in [2.05, 4.69) is 25.2 Å². The van der Waals surface area contributed by atoms with Crippen LogP contribution in [0.15, 0.2) is 30.9 Å². The highest BCUT2D eigenvalue weighted by Gasteiger charge is 2.21. The fourth-order valence-corrected chi connectivity index (χ4v) is 2.58. The van der Waals surface area contributed by atoms with Crippen molar-refractivity contribution in [2.45, 2.75) is 25.4 Å². The topological polar surface area (TPSA) is 58.9 Å². The zero-order valence-corrected chi connectivity index (χ0v) is 11.7. The molecule has 106 valence electrons. The predicted molar refractivity (Wildman–Crippen MR) is 77.3 cm³/mol. The number of imidazole rings is 1. The van der Waals surface area contributed by atoms with E-state index in [1.165, 1.54) is 6.42 Å². The molecule has 6 heteroatoms. The lowest BCUT2D eigenvalue weighted by molar-refractivity contribution is 0.412. The number of nitrogens with zero attached hydrogens (tertiary/aromatic N) is 5. The Kier molecular flexibility index (Phi) is 3.92. The molecule has 0 spiro atoms. The van der Waals surface area contributed by atoms with Gasteiger partial charge in [0, 0.05) is 51.0 Å². The summed E-state index contributed by atoms with van der Waals surface area (Å²) in [5.41, 5.74) is 0. The second-order valence-corrected chi connectivity index (χ2v) is 5.17. The van der Waals surface area contributed by atoms with Crippen molar-refractivity contribution in [3.8, 4) is 0 Å². The van der Waals surface area contributed by atoms with Crippen molar-refractivity contribution in [2.24, 2.45) is 7.05 Å². The van der Waals surface area contributed by atoms with Gasteiger partial charge in [-0.25, -0.2) is 15.0 Å². The van der Waals surface area contributed by atoms with Gasteiger partial charge in [-0.3, -0.25) is 0 Å². The lowest BCUT2D eigenvalue weighted by Gasteiger charge is -2.33. The Morgan fingerprint density at radius 3 is 2.85 bits per heavy atom. The fourth-order valence-electron chi connectivity index (χ4n) is 2.58. The van der Waals surface area contributed by atoms with Gasteiger partial charge in [0.05, 0.1) is 6.54 Å². The summed E-state index contributed by atoms with van der Waals surface area (Å²) in [6, 6.07) is 2.31. The Balaban J connectivity index is 1.57. The van der Waals surface area contributed by atoms with Crippen molar-refractivity contribution < 1.29 is 0 Å². The highest BCUT2D eigenvalue weighted by Crippen LogP contribution is 2.15. The maximum absolute atomic E-state index is 4.34. The van der Waals surface area contributed by atoms with Crippen molar-refractivity contribution in [1.29, 1.82) is 0 Å². The minimum Gasteiger partial charge on any atom is -0.339 e. The minimum absolute atomic E-state index is 0.462. The van der Waals surface area contributed by atoms with Gasteiger partial charge in [-0.15, -0.1) is 0 Å². The van der Waals surface area contributed by atoms with Gasteiger partial charge in [-0.1, -0.05) is 0 Å². The molecule has 0 radical (unpaired) electrons. The van der Waals surface area contributed by atoms with Gasteiger partial charge < -0.3 is 14.8 Å². The van der Waals surface area contributed by atoms with Crippen LogP contribution in [0.3, 0.4) is 0 Å². The van der Waals surface area contributed by atoms with E-state index in [4.69, 9.17) is 0 Å². The zero-order valence-electron chi connectivity index (χ0n) is 11.7. The summed E-state index contributed by atoms with van der Waals surface area (Å²) >= 11 is 0. The van der Waals surface area contributed by atoms with Crippen molar-refractivity contribution in [3.05, 3.63) is 36.7 Å². The molecule has 1 atom stereocenters. The SMILES string of the molecule is Cn1ccnc1CNC1CCCN(c2ncccn2)C1. The molecule has 1 unspecified atom stereocenters. The molecule has 0 bridgehead atoms. The van der Waals surface area contributed by atoms with Gasteiger partial charge in [-0.2, -0.15) is 0 Å². The third-order valence-corrected chi connectivity index (χ3v) is 3.73. The number of anilines is 1. The van der Waals surface area contributed by atoms with E-state index >= 15 is 0 Å². The number of aromatic nitrogens is 4. The van der Waals surface area contributed by atoms with Crippen LogP contribution in [0.5, 0.6) is 0 Å². The lowest BCUT2D eigenvalue weighted by Crippen LogP contribution is -2.46. The molecule has 1 N–H and O–H groups in total. The number of piperidine rings is 1. The van der Waals surface area contributed by atoms with E-state index in [9.17, 15) is 0 Å². The van der Waals surface area contributed by atoms with Crippen LogP contribution in [0.4, 0.5) is 5.95 Å². The quantitative estimate of drug-likeness (QED) is 0.898. The minimum atomic E-state index is 0.462. The largest absolute Gasteiger partial charge is 0.339 e. The number of rotatable bonds is 4. The van der Waals surface area contributed by atoms with Crippen LogP contribution in [0.2, 0.25) is 0 Å². The number of hydrogen-bond donors (Lipinski definition) is 1. The van der Waals surface area contributed by atoms with Crippen molar-refractivity contribution >= 4 is 5.95 Å². The molecule has 1 aliphatic rings. The molecular formula is C14H20N6. The van der Waals surface area contributed by atoms with Gasteiger partial charge in [0.1, 0.15) is 5.82 Å². The lowest BCUT2D eigenvalue weighted by atomic mass is 10.1. The molecule has 0 aromatic carbocycles. The third-order valence-electron chi connectivity index (χ3n) is 3.73. The fraction of sp³-hybridized carbons (Fsp3) is 0.500. The standard InChI is InChI=1S/C14H20N6/c1-19-9-7-15-13(19)10-18-12-4-2-8-20(11-12)14-16-5-3-6-17-14/h3,5-7,9,12,18H,2,4,8,10-11H2,1H3. The van der Waals surface area contributed by atoms with E-state index < -0.39 is 0 Å². The number of aryl methyl sites for hydroxylation is 1. The summed E-state index contributed by atoms with van der Waals surface area (Å²) in [6.45, 7) is 2.79. The van der Waals surface area contributed by atoms with Crippen molar-refractivity contribution in [3.63, 3.8) is 0 Å². The van der Waals surface area contributed by atoms with E-state index in [1.807, 2.05) is 30.1 Å². The normalized spacial score (nSPS) is 19.2. The molecular weight excluding hydrogens is 252 g/mol. The number of hydrogen-bond acceptors (Lipinski definition) is 5. The highest BCUT2D eigenvalue weighted by molar-refractivity contribution is 5.29. The van der Waals surface area contributed by atoms with Gasteiger partial charge in [0.2, 0.25) is 5.95 Å². The van der Waals surface area contributed by atoms with Crippen LogP contribution in [-0.4, -0.2) is 38.7 Å². The average molecular weight is 272 g/mol. The van der Waals surface area contributed by atoms with E-state index in [0.29, 0.717) is 6.04 Å². The maximum Gasteiger partial charge on any atom is 0.225 e. The molecule has 1 fully saturated rings. The van der Waals surface area contributed by atoms with E-state index in [1.54, 1.807) is 12.4 Å². The first-order chi connectivity index (χ1) is 9.83. The van der Waals surface area contributed by atoms with E-state index in [-0.39, 0.29) is 0 Å². The summed E-state index contributed by atoms with van der Waals surface area (Å²) in [5.74, 6) is 1.90. The van der Waals surface area contributed by atoms with Crippen LogP contribution in [0, 0.1) is 0 Å². The monoisotopic (exact) mass is 272 g/mol. The predicted octanol–water partition coefficient (Wildman–Crippen LogP) is 0.969. The third kappa shape index (κ3) is 2.96. The summed E-state index contributed by atoms with van der Waals surface area (Å²) in [4.78, 5) is 15.3. The van der Waals surface area contributed by atoms with Gasteiger partial charge in [0.15, 0.2) is 0 Å². The molecule has 20 heavy (non-hydrogen) atoms. The Bertz CT molecular complexity index is 538. The molecule has 3 heterocycles. The van der Waals surface area contributed by atoms with Gasteiger partial charge >= 0.3 is 0 Å². The molecule has 3 rings (SSSR count). The number of nitrogens with one attached hydrogen (secondary N) is 1. The van der Waals surface area contributed by atoms with Crippen LogP contribution in [0.1, 0.15) is 18.7 Å². The molecule has 0 saturated carbocycles. The van der Waals surface area contributed by atoms with Gasteiger partial charge in [-0.05, 0) is 18.9 Å². The molecule has 1 aliphatic heterocycles. The second kappa shape index (κ2) is 6.00. The Morgan fingerprint density at radius 2 is 2.10 bits per heavy atom. The average Bonchev–Trinajstić information content (AvgIpc) is 2.92. The maximum atomic E-state index is 4.34. The van der Waals surface area contributed by atoms with Crippen LogP contribution >= 0.6 is 0 Å². The first kappa shape index (κ1) is 13.1. The second-order valence-electron chi connectivity index (χ2n) is 5.17. The summed E-state index contributed by atoms with van der Waals surface area (Å²) in [5, 5.41) is 3.58. The molecule has 1 saturated heterocycles. The first-order valence-electron chi connectivity index (χ1n) is 7.04. The first-order valence-corrected chi connectivity index (χ1v) is 7.04. The van der Waals surface area contributed by atoms with Gasteiger partial charge in [0.25, 0.3) is 0 Å². The van der Waals surface area contributed by atoms with Crippen molar-refractivity contribution in [1.82, 2.24) is 24.8 Å². The Morgan fingerprint density at radius 1 is 1.25 bits per heavy atom. The highest BCUT2D eigenvalue weighted by atomic mass is 15.3. The molecule has 0 aliphatic carbocycles. The molecule has 2 aromatic heterocycles. The summed E-state index contributed by atoms with van der Waals surface area (Å²) in [7, 11) is 2.02. The van der Waals surface area contributed by atoms with Crippen LogP contribution in [-0.2, 0) is 13.6 Å². The Hall–Kier alpha value is -1.95. The summed E-state index contributed by atoms with van der Waals surface area (Å²) in [6.07, 6.45) is 9.76. The Labute approximate surface area is 118 Å². The summed E-state index contributed by atoms with van der Waals surface area (Å²) < 4.78 is 2.05.